The van der Waals surface area contributed by atoms with Crippen molar-refractivity contribution in [3.05, 3.63) is 41.9 Å². The van der Waals surface area contributed by atoms with E-state index in [4.69, 9.17) is 19.5 Å². The van der Waals surface area contributed by atoms with Crippen molar-refractivity contribution in [2.24, 2.45) is 0 Å². The van der Waals surface area contributed by atoms with Crippen LogP contribution in [0.15, 0.2) is 30.6 Å². The van der Waals surface area contributed by atoms with Crippen LogP contribution in [-0.2, 0) is 0 Å². The van der Waals surface area contributed by atoms with Crippen molar-refractivity contribution >= 4 is 5.91 Å². The highest BCUT2D eigenvalue weighted by molar-refractivity contribution is 5.95. The minimum Gasteiger partial charge on any atom is -0.490 e. The van der Waals surface area contributed by atoms with Crippen LogP contribution in [-0.4, -0.2) is 53.2 Å². The van der Waals surface area contributed by atoms with Crippen molar-refractivity contribution < 1.29 is 19.0 Å². The third kappa shape index (κ3) is 4.31. The van der Waals surface area contributed by atoms with Crippen molar-refractivity contribution in [2.45, 2.75) is 26.4 Å². The molecule has 2 heterocycles. The van der Waals surface area contributed by atoms with E-state index in [9.17, 15) is 4.79 Å². The van der Waals surface area contributed by atoms with Crippen LogP contribution in [0.5, 0.6) is 17.4 Å². The maximum absolute atomic E-state index is 12.9. The van der Waals surface area contributed by atoms with E-state index in [1.807, 2.05) is 19.9 Å². The van der Waals surface area contributed by atoms with Gasteiger partial charge in [-0.25, -0.2) is 9.97 Å². The Labute approximate surface area is 163 Å². The quantitative estimate of drug-likeness (QED) is 0.725. The fraction of sp³-hybridized carbons (Fsp3) is 0.400. The van der Waals surface area contributed by atoms with Crippen LogP contribution < -0.4 is 14.2 Å². The molecule has 0 saturated carbocycles. The van der Waals surface area contributed by atoms with Gasteiger partial charge < -0.3 is 19.1 Å². The first kappa shape index (κ1) is 19.4. The molecule has 1 aromatic carbocycles. The number of nitriles is 1. The zero-order valence-electron chi connectivity index (χ0n) is 15.9. The number of rotatable bonds is 7. The van der Waals surface area contributed by atoms with Gasteiger partial charge in [-0.15, -0.1) is 0 Å². The summed E-state index contributed by atoms with van der Waals surface area (Å²) in [4.78, 5) is 22.6. The second kappa shape index (κ2) is 9.04. The second-order valence-electron chi connectivity index (χ2n) is 6.13. The molecule has 1 atom stereocenters. The lowest BCUT2D eigenvalue weighted by molar-refractivity contribution is 0.0770. The fourth-order valence-corrected chi connectivity index (χ4v) is 3.02. The number of amides is 1. The third-order valence-corrected chi connectivity index (χ3v) is 4.27. The first-order chi connectivity index (χ1) is 13.7. The van der Waals surface area contributed by atoms with Gasteiger partial charge in [0.15, 0.2) is 11.5 Å². The lowest BCUT2D eigenvalue weighted by atomic mass is 10.1. The Bertz CT molecular complexity index is 881. The van der Waals surface area contributed by atoms with Gasteiger partial charge in [0.25, 0.3) is 11.8 Å². The fourth-order valence-electron chi connectivity index (χ4n) is 3.02. The molecule has 1 aliphatic rings. The Balaban J connectivity index is 1.69. The Morgan fingerprint density at radius 1 is 1.21 bits per heavy atom. The van der Waals surface area contributed by atoms with Gasteiger partial charge in [0.2, 0.25) is 5.69 Å². The molecule has 146 valence electrons. The average Bonchev–Trinajstić information content (AvgIpc) is 3.18. The van der Waals surface area contributed by atoms with Gasteiger partial charge in [-0.2, -0.15) is 5.26 Å². The van der Waals surface area contributed by atoms with Gasteiger partial charge in [-0.05, 0) is 32.0 Å². The summed E-state index contributed by atoms with van der Waals surface area (Å²) in [5, 5.41) is 9.09. The number of aromatic nitrogens is 2. The van der Waals surface area contributed by atoms with Gasteiger partial charge in [0.1, 0.15) is 12.2 Å². The molecular formula is C20H22N4O4. The zero-order chi connectivity index (χ0) is 19.9. The SMILES string of the molecule is CCOc1ccc(C(=O)N2CC[C@@H](Oc3nccnc3C#N)C2)cc1OCC. The molecule has 0 bridgehead atoms. The lowest BCUT2D eigenvalue weighted by Gasteiger charge is -2.18. The molecule has 8 nitrogen and oxygen atoms in total. The number of carbonyl (C=O) groups is 1. The van der Waals surface area contributed by atoms with E-state index in [1.165, 1.54) is 12.4 Å². The van der Waals surface area contributed by atoms with E-state index in [2.05, 4.69) is 9.97 Å². The predicted octanol–water partition coefficient (Wildman–Crippen LogP) is 2.44. The summed E-state index contributed by atoms with van der Waals surface area (Å²) in [7, 11) is 0. The summed E-state index contributed by atoms with van der Waals surface area (Å²) in [5.74, 6) is 1.27. The molecule has 1 aliphatic heterocycles. The molecule has 0 N–H and O–H groups in total. The predicted molar refractivity (Wildman–Crippen MR) is 100 cm³/mol. The van der Waals surface area contributed by atoms with Crippen molar-refractivity contribution in [1.29, 1.82) is 5.26 Å². The Hall–Kier alpha value is -3.34. The summed E-state index contributed by atoms with van der Waals surface area (Å²) in [6, 6.07) is 7.16. The number of hydrogen-bond acceptors (Lipinski definition) is 7. The van der Waals surface area contributed by atoms with E-state index in [1.54, 1.807) is 23.1 Å². The third-order valence-electron chi connectivity index (χ3n) is 4.27. The van der Waals surface area contributed by atoms with E-state index < -0.39 is 0 Å². The second-order valence-corrected chi connectivity index (χ2v) is 6.13. The molecule has 1 amide bonds. The topological polar surface area (TPSA) is 97.6 Å². The van der Waals surface area contributed by atoms with Crippen molar-refractivity contribution in [3.63, 3.8) is 0 Å². The van der Waals surface area contributed by atoms with Gasteiger partial charge in [0, 0.05) is 30.9 Å². The first-order valence-electron chi connectivity index (χ1n) is 9.22. The van der Waals surface area contributed by atoms with Crippen LogP contribution in [0.4, 0.5) is 0 Å². The molecular weight excluding hydrogens is 360 g/mol. The highest BCUT2D eigenvalue weighted by Gasteiger charge is 2.29. The first-order valence-corrected chi connectivity index (χ1v) is 9.22. The molecule has 8 heteroatoms. The van der Waals surface area contributed by atoms with Crippen molar-refractivity contribution in [2.75, 3.05) is 26.3 Å². The number of likely N-dealkylation sites (tertiary alicyclic amines) is 1. The summed E-state index contributed by atoms with van der Waals surface area (Å²) >= 11 is 0. The lowest BCUT2D eigenvalue weighted by Crippen LogP contribution is -2.31. The minimum absolute atomic E-state index is 0.102. The van der Waals surface area contributed by atoms with E-state index >= 15 is 0 Å². The molecule has 3 rings (SSSR count). The van der Waals surface area contributed by atoms with Crippen LogP contribution in [0.1, 0.15) is 36.3 Å². The zero-order valence-corrected chi connectivity index (χ0v) is 15.9. The number of hydrogen-bond donors (Lipinski definition) is 0. The molecule has 2 aromatic rings. The Kier molecular flexibility index (Phi) is 6.27. The summed E-state index contributed by atoms with van der Waals surface area (Å²) in [6.45, 7) is 5.76. The number of ether oxygens (including phenoxy) is 3. The van der Waals surface area contributed by atoms with Gasteiger partial charge in [-0.1, -0.05) is 0 Å². The molecule has 1 fully saturated rings. The molecule has 0 spiro atoms. The van der Waals surface area contributed by atoms with Crippen molar-refractivity contribution in [3.8, 4) is 23.4 Å². The van der Waals surface area contributed by atoms with Crippen LogP contribution in [0.25, 0.3) is 0 Å². The highest BCUT2D eigenvalue weighted by atomic mass is 16.5. The largest absolute Gasteiger partial charge is 0.490 e. The van der Waals surface area contributed by atoms with Crippen LogP contribution in [0.2, 0.25) is 0 Å². The normalized spacial score (nSPS) is 15.8. The van der Waals surface area contributed by atoms with Gasteiger partial charge in [0.05, 0.1) is 19.8 Å². The molecule has 0 unspecified atom stereocenters. The molecule has 0 aliphatic carbocycles. The molecule has 1 aromatic heterocycles. The summed E-state index contributed by atoms with van der Waals surface area (Å²) in [5.41, 5.74) is 0.671. The maximum Gasteiger partial charge on any atom is 0.254 e. The Morgan fingerprint density at radius 2 is 1.96 bits per heavy atom. The van der Waals surface area contributed by atoms with Crippen molar-refractivity contribution in [1.82, 2.24) is 14.9 Å². The van der Waals surface area contributed by atoms with Gasteiger partial charge >= 0.3 is 0 Å². The molecule has 1 saturated heterocycles. The number of benzene rings is 1. The summed E-state index contributed by atoms with van der Waals surface area (Å²) in [6.07, 6.45) is 3.34. The van der Waals surface area contributed by atoms with Crippen LogP contribution in [0.3, 0.4) is 0 Å². The summed E-state index contributed by atoms with van der Waals surface area (Å²) < 4.78 is 16.9. The van der Waals surface area contributed by atoms with E-state index in [0.717, 1.165) is 0 Å². The standard InChI is InChI=1S/C20H22N4O4/c1-3-26-17-6-5-14(11-18(17)27-4-2)20(25)24-10-7-15(13-24)28-19-16(12-21)22-8-9-23-19/h5-6,8-9,11,15H,3-4,7,10,13H2,1-2H3/t15-/m1/s1. The van der Waals surface area contributed by atoms with E-state index in [0.29, 0.717) is 49.8 Å². The van der Waals surface area contributed by atoms with E-state index in [-0.39, 0.29) is 23.6 Å². The number of nitrogens with zero attached hydrogens (tertiary/aromatic N) is 4. The minimum atomic E-state index is -0.234. The monoisotopic (exact) mass is 382 g/mol. The Morgan fingerprint density at radius 3 is 2.71 bits per heavy atom. The molecule has 28 heavy (non-hydrogen) atoms. The number of carbonyl (C=O) groups excluding carboxylic acids is 1. The highest BCUT2D eigenvalue weighted by Crippen LogP contribution is 2.29. The van der Waals surface area contributed by atoms with Crippen LogP contribution >= 0.6 is 0 Å². The molecule has 0 radical (unpaired) electrons. The van der Waals surface area contributed by atoms with Gasteiger partial charge in [-0.3, -0.25) is 4.79 Å². The van der Waals surface area contributed by atoms with Crippen LogP contribution in [0, 0.1) is 11.3 Å². The average molecular weight is 382 g/mol. The smallest absolute Gasteiger partial charge is 0.254 e. The maximum atomic E-state index is 12.9.